The van der Waals surface area contributed by atoms with Crippen LogP contribution >= 0.6 is 0 Å². The van der Waals surface area contributed by atoms with Gasteiger partial charge < -0.3 is 10.5 Å². The maximum absolute atomic E-state index is 13.5. The first kappa shape index (κ1) is 13.7. The van der Waals surface area contributed by atoms with Crippen molar-refractivity contribution >= 4 is 11.5 Å². The molecule has 1 heterocycles. The summed E-state index contributed by atoms with van der Waals surface area (Å²) in [4.78, 5) is 13.2. The zero-order valence-electron chi connectivity index (χ0n) is 10.0. The van der Waals surface area contributed by atoms with Crippen LogP contribution in [-0.2, 0) is 6.61 Å². The molecule has 0 amide bonds. The molecule has 0 spiro atoms. The summed E-state index contributed by atoms with van der Waals surface area (Å²) in [5, 5.41) is 10.4. The lowest BCUT2D eigenvalue weighted by atomic mass is 10.2. The van der Waals surface area contributed by atoms with Gasteiger partial charge in [0.2, 0.25) is 5.82 Å². The van der Waals surface area contributed by atoms with Crippen molar-refractivity contribution in [2.24, 2.45) is 0 Å². The molecule has 8 heteroatoms. The predicted octanol–water partition coefficient (Wildman–Crippen LogP) is 2.43. The maximum Gasteiger partial charge on any atom is 0.307 e. The molecular weight excluding hydrogens is 272 g/mol. The number of pyridine rings is 1. The topological polar surface area (TPSA) is 91.3 Å². The lowest BCUT2D eigenvalue weighted by Crippen LogP contribution is -2.01. The minimum atomic E-state index is -1.16. The Morgan fingerprint density at radius 3 is 2.65 bits per heavy atom. The Balaban J connectivity index is 2.16. The zero-order chi connectivity index (χ0) is 14.7. The summed E-state index contributed by atoms with van der Waals surface area (Å²) in [5.41, 5.74) is 5.05. The number of nitrogen functional groups attached to an aromatic ring is 1. The second-order valence-electron chi connectivity index (χ2n) is 3.87. The molecule has 1 aromatic carbocycles. The number of nitrogens with zero attached hydrogens (tertiary/aromatic N) is 2. The number of rotatable bonds is 4. The number of halogens is 2. The van der Waals surface area contributed by atoms with E-state index in [2.05, 4.69) is 4.98 Å². The maximum atomic E-state index is 13.5. The lowest BCUT2D eigenvalue weighted by Gasteiger charge is -2.07. The summed E-state index contributed by atoms with van der Waals surface area (Å²) in [5.74, 6) is -2.27. The molecule has 0 aliphatic carbocycles. The highest BCUT2D eigenvalue weighted by molar-refractivity contribution is 5.39. The van der Waals surface area contributed by atoms with Gasteiger partial charge in [0.05, 0.1) is 11.0 Å². The second kappa shape index (κ2) is 5.47. The molecule has 0 aliphatic rings. The van der Waals surface area contributed by atoms with Gasteiger partial charge in [0, 0.05) is 17.8 Å². The molecule has 0 aliphatic heterocycles. The van der Waals surface area contributed by atoms with Crippen molar-refractivity contribution in [3.8, 4) is 5.75 Å². The van der Waals surface area contributed by atoms with Crippen molar-refractivity contribution in [2.75, 3.05) is 5.73 Å². The van der Waals surface area contributed by atoms with Crippen LogP contribution in [0.3, 0.4) is 0 Å². The van der Waals surface area contributed by atoms with Gasteiger partial charge in [0.25, 0.3) is 0 Å². The van der Waals surface area contributed by atoms with E-state index >= 15 is 0 Å². The fourth-order valence-electron chi connectivity index (χ4n) is 1.45. The number of benzene rings is 1. The fourth-order valence-corrected chi connectivity index (χ4v) is 1.45. The molecule has 0 bridgehead atoms. The van der Waals surface area contributed by atoms with Crippen LogP contribution in [0.2, 0.25) is 0 Å². The number of nitro benzene ring substituents is 1. The van der Waals surface area contributed by atoms with Crippen molar-refractivity contribution in [1.82, 2.24) is 4.98 Å². The van der Waals surface area contributed by atoms with Gasteiger partial charge in [0.15, 0.2) is 11.6 Å². The Hall–Kier alpha value is -2.77. The molecule has 104 valence electrons. The largest absolute Gasteiger partial charge is 0.486 e. The second-order valence-corrected chi connectivity index (χ2v) is 3.87. The number of anilines is 1. The van der Waals surface area contributed by atoms with Crippen molar-refractivity contribution in [2.45, 2.75) is 6.61 Å². The average molecular weight is 281 g/mol. The molecular formula is C12H9F2N3O3. The van der Waals surface area contributed by atoms with Gasteiger partial charge in [-0.2, -0.15) is 4.39 Å². The Morgan fingerprint density at radius 2 is 2.05 bits per heavy atom. The molecule has 2 rings (SSSR count). The Bertz CT molecular complexity index is 647. The van der Waals surface area contributed by atoms with Crippen molar-refractivity contribution in [1.29, 1.82) is 0 Å². The third-order valence-electron chi connectivity index (χ3n) is 2.44. The molecule has 20 heavy (non-hydrogen) atoms. The molecule has 0 atom stereocenters. The molecule has 1 aromatic heterocycles. The predicted molar refractivity (Wildman–Crippen MR) is 66.0 cm³/mol. The first-order chi connectivity index (χ1) is 9.47. The normalized spacial score (nSPS) is 10.3. The summed E-state index contributed by atoms with van der Waals surface area (Å²) >= 11 is 0. The standard InChI is InChI=1S/C12H9F2N3O3/c13-8-4-11(9(14)3-10(8)17(18)19)20-6-7-1-2-12(15)16-5-7/h1-5H,6H2,(H2,15,16). The van der Waals surface area contributed by atoms with Gasteiger partial charge >= 0.3 is 5.69 Å². The highest BCUT2D eigenvalue weighted by Crippen LogP contribution is 2.26. The smallest absolute Gasteiger partial charge is 0.307 e. The van der Waals surface area contributed by atoms with Crippen molar-refractivity contribution in [3.05, 3.63) is 57.8 Å². The van der Waals surface area contributed by atoms with E-state index in [1.807, 2.05) is 0 Å². The molecule has 6 nitrogen and oxygen atoms in total. The Morgan fingerprint density at radius 1 is 1.30 bits per heavy atom. The number of hydrogen-bond donors (Lipinski definition) is 1. The van der Waals surface area contributed by atoms with Crippen LogP contribution in [0.25, 0.3) is 0 Å². The van der Waals surface area contributed by atoms with E-state index in [1.54, 1.807) is 6.07 Å². The van der Waals surface area contributed by atoms with E-state index in [1.165, 1.54) is 12.3 Å². The van der Waals surface area contributed by atoms with E-state index in [9.17, 15) is 18.9 Å². The Kier molecular flexibility index (Phi) is 3.74. The molecule has 0 saturated heterocycles. The van der Waals surface area contributed by atoms with Crippen LogP contribution in [0, 0.1) is 21.7 Å². The van der Waals surface area contributed by atoms with E-state index in [4.69, 9.17) is 10.5 Å². The van der Waals surface area contributed by atoms with Crippen LogP contribution in [0.5, 0.6) is 5.75 Å². The molecule has 0 fully saturated rings. The first-order valence-electron chi connectivity index (χ1n) is 5.44. The average Bonchev–Trinajstić information content (AvgIpc) is 2.41. The highest BCUT2D eigenvalue weighted by Gasteiger charge is 2.19. The van der Waals surface area contributed by atoms with Crippen molar-refractivity contribution in [3.63, 3.8) is 0 Å². The molecule has 2 N–H and O–H groups in total. The molecule has 2 aromatic rings. The number of aromatic nitrogens is 1. The quantitative estimate of drug-likeness (QED) is 0.686. The molecule has 0 radical (unpaired) electrons. The monoisotopic (exact) mass is 281 g/mol. The number of hydrogen-bond acceptors (Lipinski definition) is 5. The van der Waals surface area contributed by atoms with Gasteiger partial charge in [-0.05, 0) is 6.07 Å². The SMILES string of the molecule is Nc1ccc(COc2cc(F)c([N+](=O)[O-])cc2F)cn1. The number of ether oxygens (including phenoxy) is 1. The molecule has 0 saturated carbocycles. The van der Waals surface area contributed by atoms with Gasteiger partial charge in [-0.3, -0.25) is 10.1 Å². The first-order valence-corrected chi connectivity index (χ1v) is 5.44. The summed E-state index contributed by atoms with van der Waals surface area (Å²) in [6, 6.07) is 4.26. The van der Waals surface area contributed by atoms with Crippen molar-refractivity contribution < 1.29 is 18.4 Å². The molecule has 0 unspecified atom stereocenters. The zero-order valence-corrected chi connectivity index (χ0v) is 10.0. The van der Waals surface area contributed by atoms with Gasteiger partial charge in [-0.1, -0.05) is 6.07 Å². The summed E-state index contributed by atoms with van der Waals surface area (Å²) in [6.45, 7) is -0.0680. The van der Waals surface area contributed by atoms with Crippen LogP contribution < -0.4 is 10.5 Å². The van der Waals surface area contributed by atoms with E-state index in [-0.39, 0.29) is 6.61 Å². The minimum absolute atomic E-state index is 0.0680. The minimum Gasteiger partial charge on any atom is -0.486 e. The van der Waals surface area contributed by atoms with Crippen LogP contribution in [0.1, 0.15) is 5.56 Å². The summed E-state index contributed by atoms with van der Waals surface area (Å²) in [7, 11) is 0. The van der Waals surface area contributed by atoms with E-state index < -0.39 is 28.0 Å². The van der Waals surface area contributed by atoms with Gasteiger partial charge in [0.1, 0.15) is 12.4 Å². The summed E-state index contributed by atoms with van der Waals surface area (Å²) < 4.78 is 31.9. The van der Waals surface area contributed by atoms with Crippen LogP contribution in [-0.4, -0.2) is 9.91 Å². The van der Waals surface area contributed by atoms with Gasteiger partial charge in [-0.25, -0.2) is 9.37 Å². The van der Waals surface area contributed by atoms with E-state index in [0.717, 1.165) is 0 Å². The third kappa shape index (κ3) is 2.97. The highest BCUT2D eigenvalue weighted by atomic mass is 19.1. The lowest BCUT2D eigenvalue weighted by molar-refractivity contribution is -0.387. The Labute approximate surface area is 112 Å². The number of nitro groups is 1. The number of nitrogens with two attached hydrogens (primary N) is 1. The summed E-state index contributed by atoms with van der Waals surface area (Å²) in [6.07, 6.45) is 1.43. The fraction of sp³-hybridized carbons (Fsp3) is 0.0833. The van der Waals surface area contributed by atoms with E-state index in [0.29, 0.717) is 23.5 Å². The van der Waals surface area contributed by atoms with Crippen LogP contribution in [0.15, 0.2) is 30.5 Å². The third-order valence-corrected chi connectivity index (χ3v) is 2.44. The van der Waals surface area contributed by atoms with Gasteiger partial charge in [-0.15, -0.1) is 0 Å². The van der Waals surface area contributed by atoms with Crippen LogP contribution in [0.4, 0.5) is 20.3 Å².